The molecule has 1 amide bonds. The minimum atomic E-state index is -4.04. The van der Waals surface area contributed by atoms with Gasteiger partial charge in [-0.05, 0) is 12.1 Å². The van der Waals surface area contributed by atoms with Crippen LogP contribution in [0.2, 0.25) is 0 Å². The summed E-state index contributed by atoms with van der Waals surface area (Å²) in [7, 11) is 0. The smallest absolute Gasteiger partial charge is 0.424 e. The number of nitrogens with one attached hydrogen (secondary N) is 1. The first kappa shape index (κ1) is 12.2. The summed E-state index contributed by atoms with van der Waals surface area (Å²) < 4.78 is 30.6. The second-order valence-corrected chi connectivity index (χ2v) is 3.46. The van der Waals surface area contributed by atoms with Crippen molar-refractivity contribution in [3.8, 4) is 5.75 Å². The quantitative estimate of drug-likeness (QED) is 0.489. The summed E-state index contributed by atoms with van der Waals surface area (Å²) in [5, 5.41) is 0.624. The Morgan fingerprint density at radius 2 is 2.11 bits per heavy atom. The number of hydrogen-bond donors (Lipinski definition) is 2. The molecule has 7 heteroatoms. The standard InChI is InChI=1S/C11H9F2N3O2/c12-11(13,10(17)16-14)18-8-5-7-3-1-2-4-9(7)15-6-8/h1-6H,14H2,(H,16,17). The first-order valence-electron chi connectivity index (χ1n) is 4.95. The van der Waals surface area contributed by atoms with Crippen LogP contribution in [0.15, 0.2) is 36.5 Å². The molecule has 2 aromatic rings. The van der Waals surface area contributed by atoms with Gasteiger partial charge in [-0.25, -0.2) is 5.84 Å². The van der Waals surface area contributed by atoms with E-state index in [0.717, 1.165) is 6.20 Å². The topological polar surface area (TPSA) is 77.2 Å². The summed E-state index contributed by atoms with van der Waals surface area (Å²) in [6, 6.07) is 8.28. The predicted molar refractivity (Wildman–Crippen MR) is 59.6 cm³/mol. The Labute approximate surface area is 101 Å². The lowest BCUT2D eigenvalue weighted by molar-refractivity contribution is -0.192. The van der Waals surface area contributed by atoms with Gasteiger partial charge in [0.1, 0.15) is 5.75 Å². The molecule has 0 bridgehead atoms. The maximum atomic E-state index is 13.2. The summed E-state index contributed by atoms with van der Waals surface area (Å²) in [5.41, 5.74) is 1.96. The van der Waals surface area contributed by atoms with Gasteiger partial charge in [-0.15, -0.1) is 0 Å². The molecule has 1 heterocycles. The third-order valence-electron chi connectivity index (χ3n) is 2.21. The molecule has 0 radical (unpaired) electrons. The Kier molecular flexibility index (Phi) is 3.07. The first-order valence-corrected chi connectivity index (χ1v) is 4.95. The molecule has 0 unspecified atom stereocenters. The number of rotatable bonds is 3. The SMILES string of the molecule is NNC(=O)C(F)(F)Oc1cnc2ccccc2c1. The van der Waals surface area contributed by atoms with Crippen LogP contribution in [0.3, 0.4) is 0 Å². The molecule has 1 aromatic heterocycles. The highest BCUT2D eigenvalue weighted by atomic mass is 19.3. The Balaban J connectivity index is 2.29. The number of aromatic nitrogens is 1. The lowest BCUT2D eigenvalue weighted by atomic mass is 10.2. The van der Waals surface area contributed by atoms with Gasteiger partial charge in [-0.1, -0.05) is 18.2 Å². The van der Waals surface area contributed by atoms with Crippen molar-refractivity contribution < 1.29 is 18.3 Å². The van der Waals surface area contributed by atoms with Crippen molar-refractivity contribution >= 4 is 16.8 Å². The van der Waals surface area contributed by atoms with Crippen molar-refractivity contribution in [1.29, 1.82) is 0 Å². The number of halogens is 2. The van der Waals surface area contributed by atoms with Gasteiger partial charge in [-0.2, -0.15) is 8.78 Å². The molecular weight excluding hydrogens is 244 g/mol. The minimum Gasteiger partial charge on any atom is -0.424 e. The highest BCUT2D eigenvalue weighted by Crippen LogP contribution is 2.24. The zero-order valence-electron chi connectivity index (χ0n) is 9.06. The number of alkyl halides is 2. The van der Waals surface area contributed by atoms with Crippen molar-refractivity contribution in [2.45, 2.75) is 6.11 Å². The lowest BCUT2D eigenvalue weighted by Crippen LogP contribution is -2.47. The van der Waals surface area contributed by atoms with Crippen molar-refractivity contribution in [3.05, 3.63) is 36.5 Å². The summed E-state index contributed by atoms with van der Waals surface area (Å²) in [5.74, 6) is 2.68. The van der Waals surface area contributed by atoms with Crippen molar-refractivity contribution in [2.24, 2.45) is 5.84 Å². The fourth-order valence-electron chi connectivity index (χ4n) is 1.39. The van der Waals surface area contributed by atoms with E-state index < -0.39 is 12.0 Å². The molecule has 0 aliphatic carbocycles. The number of nitrogens with two attached hydrogens (primary N) is 1. The van der Waals surface area contributed by atoms with Gasteiger partial charge in [0.2, 0.25) is 0 Å². The zero-order valence-corrected chi connectivity index (χ0v) is 9.06. The van der Waals surface area contributed by atoms with Crippen LogP contribution in [-0.4, -0.2) is 17.0 Å². The van der Waals surface area contributed by atoms with E-state index in [1.54, 1.807) is 24.3 Å². The van der Waals surface area contributed by atoms with Crippen LogP contribution in [0.5, 0.6) is 5.75 Å². The monoisotopic (exact) mass is 253 g/mol. The molecule has 0 fully saturated rings. The number of carbonyl (C=O) groups excluding carboxylic acids is 1. The molecule has 3 N–H and O–H groups in total. The van der Waals surface area contributed by atoms with Crippen LogP contribution >= 0.6 is 0 Å². The van der Waals surface area contributed by atoms with Crippen LogP contribution in [0.1, 0.15) is 0 Å². The van der Waals surface area contributed by atoms with E-state index in [9.17, 15) is 13.6 Å². The molecule has 2 rings (SSSR count). The number of nitrogens with zero attached hydrogens (tertiary/aromatic N) is 1. The number of fused-ring (bicyclic) bond motifs is 1. The molecule has 0 aliphatic rings. The summed E-state index contributed by atoms with van der Waals surface area (Å²) >= 11 is 0. The molecule has 1 aromatic carbocycles. The summed E-state index contributed by atoms with van der Waals surface area (Å²) in [6.07, 6.45) is -2.93. The van der Waals surface area contributed by atoms with E-state index in [2.05, 4.69) is 15.6 Å². The molecule has 0 saturated carbocycles. The molecule has 0 atom stereocenters. The fraction of sp³-hybridized carbons (Fsp3) is 0.0909. The Bertz CT molecular complexity index is 589. The second kappa shape index (κ2) is 4.53. The molecule has 0 saturated heterocycles. The molecule has 18 heavy (non-hydrogen) atoms. The predicted octanol–water partition coefficient (Wildman–Crippen LogP) is 1.20. The third kappa shape index (κ3) is 2.35. The van der Waals surface area contributed by atoms with Gasteiger partial charge in [0, 0.05) is 5.39 Å². The second-order valence-electron chi connectivity index (χ2n) is 3.46. The average molecular weight is 253 g/mol. The maximum Gasteiger partial charge on any atom is 0.483 e. The average Bonchev–Trinajstić information content (AvgIpc) is 2.37. The van der Waals surface area contributed by atoms with Crippen LogP contribution in [0.4, 0.5) is 8.78 Å². The Morgan fingerprint density at radius 1 is 1.39 bits per heavy atom. The largest absolute Gasteiger partial charge is 0.483 e. The van der Waals surface area contributed by atoms with E-state index in [0.29, 0.717) is 10.9 Å². The number of carbonyl (C=O) groups is 1. The van der Waals surface area contributed by atoms with Gasteiger partial charge in [-0.3, -0.25) is 15.2 Å². The van der Waals surface area contributed by atoms with Crippen molar-refractivity contribution in [2.75, 3.05) is 0 Å². The molecular formula is C11H9F2N3O2. The third-order valence-corrected chi connectivity index (χ3v) is 2.21. The summed E-state index contributed by atoms with van der Waals surface area (Å²) in [4.78, 5) is 14.7. The molecule has 0 aliphatic heterocycles. The number of ether oxygens (including phenoxy) is 1. The number of hydrogen-bond acceptors (Lipinski definition) is 4. The van der Waals surface area contributed by atoms with E-state index in [1.807, 2.05) is 0 Å². The van der Waals surface area contributed by atoms with Crippen LogP contribution in [0.25, 0.3) is 10.9 Å². The Hall–Kier alpha value is -2.28. The van der Waals surface area contributed by atoms with Gasteiger partial charge in [0.15, 0.2) is 0 Å². The van der Waals surface area contributed by atoms with E-state index in [-0.39, 0.29) is 5.75 Å². The van der Waals surface area contributed by atoms with E-state index in [1.165, 1.54) is 11.5 Å². The normalized spacial score (nSPS) is 11.3. The minimum absolute atomic E-state index is 0.220. The highest BCUT2D eigenvalue weighted by molar-refractivity contribution is 5.82. The van der Waals surface area contributed by atoms with Gasteiger partial charge in [0.25, 0.3) is 0 Å². The van der Waals surface area contributed by atoms with Gasteiger partial charge in [0.05, 0.1) is 11.7 Å². The number of hydrazine groups is 1. The van der Waals surface area contributed by atoms with E-state index in [4.69, 9.17) is 0 Å². The number of pyridine rings is 1. The fourth-order valence-corrected chi connectivity index (χ4v) is 1.39. The summed E-state index contributed by atoms with van der Waals surface area (Å²) in [6.45, 7) is 0. The number of amides is 1. The number of para-hydroxylation sites is 1. The molecule has 5 nitrogen and oxygen atoms in total. The highest BCUT2D eigenvalue weighted by Gasteiger charge is 2.41. The van der Waals surface area contributed by atoms with Crippen molar-refractivity contribution in [1.82, 2.24) is 10.4 Å². The first-order chi connectivity index (χ1) is 8.53. The van der Waals surface area contributed by atoms with Crippen LogP contribution < -0.4 is 16.0 Å². The van der Waals surface area contributed by atoms with Crippen LogP contribution in [0, 0.1) is 0 Å². The molecule has 94 valence electrons. The van der Waals surface area contributed by atoms with E-state index >= 15 is 0 Å². The zero-order chi connectivity index (χ0) is 13.2. The van der Waals surface area contributed by atoms with Crippen molar-refractivity contribution in [3.63, 3.8) is 0 Å². The Morgan fingerprint density at radius 3 is 2.83 bits per heavy atom. The molecule has 0 spiro atoms. The van der Waals surface area contributed by atoms with Gasteiger partial charge >= 0.3 is 12.0 Å². The lowest BCUT2D eigenvalue weighted by Gasteiger charge is -2.15. The van der Waals surface area contributed by atoms with Crippen LogP contribution in [-0.2, 0) is 4.79 Å². The maximum absolute atomic E-state index is 13.2. The number of benzene rings is 1. The van der Waals surface area contributed by atoms with Gasteiger partial charge < -0.3 is 4.74 Å².